The maximum absolute atomic E-state index is 12.7. The molecule has 0 bridgehead atoms. The summed E-state index contributed by atoms with van der Waals surface area (Å²) in [5.74, 6) is -1.41. The molecule has 7 heteroatoms. The summed E-state index contributed by atoms with van der Waals surface area (Å²) >= 11 is 5.97. The molecule has 3 aromatic rings. The number of amides is 1. The number of nitrogens with zero attached hydrogens (tertiary/aromatic N) is 2. The number of carboxylic acids is 1. The maximum atomic E-state index is 12.7. The van der Waals surface area contributed by atoms with Gasteiger partial charge in [-0.3, -0.25) is 9.20 Å². The SMILES string of the molecule is CCc1nc2cc(Cl)ccn2c1C(=O)Nc1cccc(C(=O)O)c1. The van der Waals surface area contributed by atoms with Gasteiger partial charge in [-0.15, -0.1) is 0 Å². The van der Waals surface area contributed by atoms with E-state index in [2.05, 4.69) is 10.3 Å². The number of anilines is 1. The van der Waals surface area contributed by atoms with Gasteiger partial charge in [-0.1, -0.05) is 24.6 Å². The van der Waals surface area contributed by atoms with Gasteiger partial charge in [-0.2, -0.15) is 0 Å². The van der Waals surface area contributed by atoms with Crippen LogP contribution < -0.4 is 5.32 Å². The van der Waals surface area contributed by atoms with Crippen LogP contribution in [0, 0.1) is 0 Å². The van der Waals surface area contributed by atoms with Gasteiger partial charge in [-0.05, 0) is 30.7 Å². The quantitative estimate of drug-likeness (QED) is 0.759. The molecule has 2 aromatic heterocycles. The highest BCUT2D eigenvalue weighted by molar-refractivity contribution is 6.30. The van der Waals surface area contributed by atoms with Crippen LogP contribution in [0.3, 0.4) is 0 Å². The number of benzene rings is 1. The molecule has 0 aliphatic heterocycles. The Bertz CT molecular complexity index is 949. The van der Waals surface area contributed by atoms with Gasteiger partial charge in [0.25, 0.3) is 5.91 Å². The molecule has 2 heterocycles. The van der Waals surface area contributed by atoms with E-state index >= 15 is 0 Å². The lowest BCUT2D eigenvalue weighted by molar-refractivity contribution is 0.0696. The minimum atomic E-state index is -1.05. The summed E-state index contributed by atoms with van der Waals surface area (Å²) < 4.78 is 1.67. The number of carbonyl (C=O) groups is 2. The van der Waals surface area contributed by atoms with E-state index < -0.39 is 5.97 Å². The number of nitrogens with one attached hydrogen (secondary N) is 1. The van der Waals surface area contributed by atoms with Crippen molar-refractivity contribution in [3.8, 4) is 0 Å². The van der Waals surface area contributed by atoms with Crippen molar-refractivity contribution in [2.24, 2.45) is 0 Å². The zero-order valence-corrected chi connectivity index (χ0v) is 13.5. The lowest BCUT2D eigenvalue weighted by Crippen LogP contribution is -2.16. The third kappa shape index (κ3) is 2.96. The standard InChI is InChI=1S/C17H14ClN3O3/c1-2-13-15(21-7-6-11(18)9-14(21)20-13)16(22)19-12-5-3-4-10(8-12)17(23)24/h3-9H,2H2,1H3,(H,19,22)(H,23,24). The highest BCUT2D eigenvalue weighted by Crippen LogP contribution is 2.19. The second kappa shape index (κ2) is 6.33. The number of rotatable bonds is 4. The van der Waals surface area contributed by atoms with Crippen LogP contribution in [0.15, 0.2) is 42.6 Å². The van der Waals surface area contributed by atoms with Crippen molar-refractivity contribution in [2.75, 3.05) is 5.32 Å². The molecule has 1 amide bonds. The Balaban J connectivity index is 1.99. The highest BCUT2D eigenvalue weighted by atomic mass is 35.5. The van der Waals surface area contributed by atoms with Crippen LogP contribution in [0.1, 0.15) is 33.5 Å². The summed E-state index contributed by atoms with van der Waals surface area (Å²) in [6.07, 6.45) is 2.27. The van der Waals surface area contributed by atoms with E-state index in [4.69, 9.17) is 16.7 Å². The molecule has 6 nitrogen and oxygen atoms in total. The molecule has 1 aromatic carbocycles. The number of hydrogen-bond acceptors (Lipinski definition) is 3. The molecule has 0 fully saturated rings. The molecule has 0 saturated heterocycles. The fourth-order valence-electron chi connectivity index (χ4n) is 2.48. The molecule has 3 rings (SSSR count). The molecule has 24 heavy (non-hydrogen) atoms. The van der Waals surface area contributed by atoms with Gasteiger partial charge in [0, 0.05) is 23.0 Å². The van der Waals surface area contributed by atoms with Gasteiger partial charge in [0.15, 0.2) is 0 Å². The Labute approximate surface area is 142 Å². The van der Waals surface area contributed by atoms with Crippen molar-refractivity contribution < 1.29 is 14.7 Å². The van der Waals surface area contributed by atoms with Gasteiger partial charge in [0.1, 0.15) is 11.3 Å². The number of carbonyl (C=O) groups excluding carboxylic acids is 1. The van der Waals surface area contributed by atoms with Gasteiger partial charge >= 0.3 is 5.97 Å². The van der Waals surface area contributed by atoms with E-state index in [1.165, 1.54) is 12.1 Å². The molecule has 2 N–H and O–H groups in total. The molecule has 0 aliphatic rings. The lowest BCUT2D eigenvalue weighted by Gasteiger charge is -2.07. The Hall–Kier alpha value is -2.86. The molecule has 0 saturated carbocycles. The molecule has 0 atom stereocenters. The van der Waals surface area contributed by atoms with Crippen molar-refractivity contribution in [1.82, 2.24) is 9.38 Å². The first kappa shape index (κ1) is 16.0. The van der Waals surface area contributed by atoms with Crippen LogP contribution in [0.2, 0.25) is 5.02 Å². The minimum Gasteiger partial charge on any atom is -0.478 e. The number of pyridine rings is 1. The Morgan fingerprint density at radius 3 is 2.79 bits per heavy atom. The molecule has 0 radical (unpaired) electrons. The lowest BCUT2D eigenvalue weighted by atomic mass is 10.2. The smallest absolute Gasteiger partial charge is 0.335 e. The zero-order valence-electron chi connectivity index (χ0n) is 12.8. The first-order valence-corrected chi connectivity index (χ1v) is 7.68. The first-order valence-electron chi connectivity index (χ1n) is 7.30. The Morgan fingerprint density at radius 1 is 1.29 bits per heavy atom. The summed E-state index contributed by atoms with van der Waals surface area (Å²) in [6, 6.07) is 9.45. The molecular weight excluding hydrogens is 330 g/mol. The highest BCUT2D eigenvalue weighted by Gasteiger charge is 2.19. The van der Waals surface area contributed by atoms with E-state index in [0.29, 0.717) is 34.2 Å². The van der Waals surface area contributed by atoms with Gasteiger partial charge in [0.05, 0.1) is 11.3 Å². The summed E-state index contributed by atoms with van der Waals surface area (Å²) in [7, 11) is 0. The number of hydrogen-bond donors (Lipinski definition) is 2. The number of fused-ring (bicyclic) bond motifs is 1. The first-order chi connectivity index (χ1) is 11.5. The number of aryl methyl sites for hydroxylation is 1. The molecule has 0 spiro atoms. The van der Waals surface area contributed by atoms with E-state index in [9.17, 15) is 9.59 Å². The second-order valence-corrected chi connectivity index (χ2v) is 5.61. The number of imidazole rings is 1. The number of halogens is 1. The van der Waals surface area contributed by atoms with E-state index in [1.54, 1.807) is 34.9 Å². The van der Waals surface area contributed by atoms with Gasteiger partial charge < -0.3 is 10.4 Å². The summed E-state index contributed by atoms with van der Waals surface area (Å²) in [4.78, 5) is 28.1. The predicted molar refractivity (Wildman–Crippen MR) is 90.9 cm³/mol. The van der Waals surface area contributed by atoms with Crippen molar-refractivity contribution in [1.29, 1.82) is 0 Å². The molecule has 0 aliphatic carbocycles. The zero-order chi connectivity index (χ0) is 17.3. The van der Waals surface area contributed by atoms with Crippen molar-refractivity contribution >= 4 is 34.8 Å². The summed E-state index contributed by atoms with van der Waals surface area (Å²) in [6.45, 7) is 1.91. The van der Waals surface area contributed by atoms with Gasteiger partial charge in [0.2, 0.25) is 0 Å². The van der Waals surface area contributed by atoms with Crippen molar-refractivity contribution in [3.63, 3.8) is 0 Å². The summed E-state index contributed by atoms with van der Waals surface area (Å²) in [5.41, 5.74) is 2.15. The van der Waals surface area contributed by atoms with E-state index in [1.807, 2.05) is 6.92 Å². The van der Waals surface area contributed by atoms with Crippen LogP contribution in [0.4, 0.5) is 5.69 Å². The normalized spacial score (nSPS) is 10.8. The van der Waals surface area contributed by atoms with E-state index in [-0.39, 0.29) is 11.5 Å². The largest absolute Gasteiger partial charge is 0.478 e. The molecule has 122 valence electrons. The van der Waals surface area contributed by atoms with Crippen molar-refractivity contribution in [3.05, 3.63) is 64.6 Å². The number of carboxylic acid groups (broad SMARTS) is 1. The third-order valence-electron chi connectivity index (χ3n) is 3.58. The van der Waals surface area contributed by atoms with Crippen LogP contribution >= 0.6 is 11.6 Å². The second-order valence-electron chi connectivity index (χ2n) is 5.17. The Morgan fingerprint density at radius 2 is 2.08 bits per heavy atom. The number of aromatic carboxylic acids is 1. The monoisotopic (exact) mass is 343 g/mol. The fourth-order valence-corrected chi connectivity index (χ4v) is 2.63. The average Bonchev–Trinajstić information content (AvgIpc) is 2.92. The predicted octanol–water partition coefficient (Wildman–Crippen LogP) is 3.50. The number of aromatic nitrogens is 2. The average molecular weight is 344 g/mol. The van der Waals surface area contributed by atoms with Gasteiger partial charge in [-0.25, -0.2) is 9.78 Å². The molecule has 0 unspecified atom stereocenters. The van der Waals surface area contributed by atoms with Crippen molar-refractivity contribution in [2.45, 2.75) is 13.3 Å². The third-order valence-corrected chi connectivity index (χ3v) is 3.81. The Kier molecular flexibility index (Phi) is 4.22. The summed E-state index contributed by atoms with van der Waals surface area (Å²) in [5, 5.41) is 12.3. The van der Waals surface area contributed by atoms with Crippen LogP contribution in [-0.2, 0) is 6.42 Å². The van der Waals surface area contributed by atoms with Crippen LogP contribution in [-0.4, -0.2) is 26.4 Å². The maximum Gasteiger partial charge on any atom is 0.335 e. The molecular formula is C17H14ClN3O3. The minimum absolute atomic E-state index is 0.105. The van der Waals surface area contributed by atoms with Crippen LogP contribution in [0.25, 0.3) is 5.65 Å². The van der Waals surface area contributed by atoms with E-state index in [0.717, 1.165) is 0 Å². The topological polar surface area (TPSA) is 83.7 Å². The fraction of sp³-hybridized carbons (Fsp3) is 0.118. The van der Waals surface area contributed by atoms with Crippen LogP contribution in [0.5, 0.6) is 0 Å².